The molecule has 0 heterocycles. The van der Waals surface area contributed by atoms with Crippen molar-refractivity contribution in [2.75, 3.05) is 19.7 Å². The van der Waals surface area contributed by atoms with Gasteiger partial charge in [0.2, 0.25) is 0 Å². The fourth-order valence-corrected chi connectivity index (χ4v) is 2.08. The molecule has 1 saturated carbocycles. The molecule has 3 nitrogen and oxygen atoms in total. The van der Waals surface area contributed by atoms with E-state index in [1.165, 1.54) is 32.1 Å². The van der Waals surface area contributed by atoms with Gasteiger partial charge >= 0.3 is 6.09 Å². The van der Waals surface area contributed by atoms with E-state index in [-0.39, 0.29) is 12.2 Å². The molecule has 0 aromatic carbocycles. The SMILES string of the molecule is CN(CC1CCCCC1)C(=O)OCCl. The molecular weight excluding hydrogens is 202 g/mol. The predicted octanol–water partition coefficient (Wildman–Crippen LogP) is 2.83. The molecule has 1 rings (SSSR count). The van der Waals surface area contributed by atoms with Crippen LogP contribution in [-0.2, 0) is 4.74 Å². The highest BCUT2D eigenvalue weighted by Crippen LogP contribution is 2.24. The van der Waals surface area contributed by atoms with Gasteiger partial charge < -0.3 is 9.64 Å². The third kappa shape index (κ3) is 3.74. The zero-order chi connectivity index (χ0) is 10.4. The summed E-state index contributed by atoms with van der Waals surface area (Å²) in [5, 5.41) is 0. The number of ether oxygens (including phenoxy) is 1. The first-order chi connectivity index (χ1) is 6.74. The zero-order valence-corrected chi connectivity index (χ0v) is 9.42. The zero-order valence-electron chi connectivity index (χ0n) is 8.67. The van der Waals surface area contributed by atoms with Crippen LogP contribution in [0.3, 0.4) is 0 Å². The van der Waals surface area contributed by atoms with Gasteiger partial charge in [0.15, 0.2) is 6.07 Å². The summed E-state index contributed by atoms with van der Waals surface area (Å²) in [6.07, 6.45) is 6.08. The largest absolute Gasteiger partial charge is 0.433 e. The summed E-state index contributed by atoms with van der Waals surface area (Å²) in [4.78, 5) is 12.9. The van der Waals surface area contributed by atoms with Crippen molar-refractivity contribution in [3.05, 3.63) is 0 Å². The quantitative estimate of drug-likeness (QED) is 0.684. The minimum atomic E-state index is -0.314. The van der Waals surface area contributed by atoms with Crippen LogP contribution in [0.2, 0.25) is 0 Å². The number of amides is 1. The Balaban J connectivity index is 2.24. The number of nitrogens with zero attached hydrogens (tertiary/aromatic N) is 1. The summed E-state index contributed by atoms with van der Waals surface area (Å²) in [6, 6.07) is -0.0617. The molecule has 0 atom stereocenters. The van der Waals surface area contributed by atoms with Crippen LogP contribution in [0.1, 0.15) is 32.1 Å². The second kappa shape index (κ2) is 6.12. The normalized spacial score (nSPS) is 17.9. The third-order valence-corrected chi connectivity index (χ3v) is 2.86. The molecule has 0 N–H and O–H groups in total. The van der Waals surface area contributed by atoms with Gasteiger partial charge in [0.05, 0.1) is 0 Å². The fraction of sp³-hybridized carbons (Fsp3) is 0.900. The van der Waals surface area contributed by atoms with Crippen molar-refractivity contribution in [3.63, 3.8) is 0 Å². The molecule has 0 aromatic rings. The Morgan fingerprint density at radius 1 is 1.43 bits per heavy atom. The van der Waals surface area contributed by atoms with Gasteiger partial charge in [-0.15, -0.1) is 0 Å². The minimum absolute atomic E-state index is 0.0617. The van der Waals surface area contributed by atoms with E-state index < -0.39 is 0 Å². The molecule has 1 aliphatic carbocycles. The maximum Gasteiger partial charge on any atom is 0.410 e. The average molecular weight is 220 g/mol. The molecule has 14 heavy (non-hydrogen) atoms. The van der Waals surface area contributed by atoms with Crippen LogP contribution >= 0.6 is 11.6 Å². The predicted molar refractivity (Wildman–Crippen MR) is 56.4 cm³/mol. The summed E-state index contributed by atoms with van der Waals surface area (Å²) >= 11 is 5.31. The lowest BCUT2D eigenvalue weighted by Gasteiger charge is -2.26. The van der Waals surface area contributed by atoms with Crippen LogP contribution < -0.4 is 0 Å². The molecule has 1 aliphatic rings. The number of alkyl halides is 1. The van der Waals surface area contributed by atoms with E-state index >= 15 is 0 Å². The standard InChI is InChI=1S/C10H18ClNO2/c1-12(10(13)14-8-11)7-9-5-3-2-4-6-9/h9H,2-8H2,1H3. The fourth-order valence-electron chi connectivity index (χ4n) is 1.99. The van der Waals surface area contributed by atoms with Crippen molar-refractivity contribution in [2.24, 2.45) is 5.92 Å². The number of hydrogen-bond donors (Lipinski definition) is 0. The Kier molecular flexibility index (Phi) is 5.09. The number of carbonyl (C=O) groups is 1. The van der Waals surface area contributed by atoms with Crippen molar-refractivity contribution in [3.8, 4) is 0 Å². The van der Waals surface area contributed by atoms with Crippen LogP contribution in [0.5, 0.6) is 0 Å². The van der Waals surface area contributed by atoms with Gasteiger partial charge in [-0.25, -0.2) is 4.79 Å². The Morgan fingerprint density at radius 2 is 2.07 bits per heavy atom. The highest BCUT2D eigenvalue weighted by atomic mass is 35.5. The summed E-state index contributed by atoms with van der Waals surface area (Å²) in [6.45, 7) is 0.801. The second-order valence-corrected chi connectivity index (χ2v) is 4.12. The van der Waals surface area contributed by atoms with Gasteiger partial charge in [0.1, 0.15) is 0 Å². The third-order valence-electron chi connectivity index (χ3n) is 2.75. The molecule has 1 amide bonds. The van der Waals surface area contributed by atoms with Crippen LogP contribution in [-0.4, -0.2) is 30.7 Å². The van der Waals surface area contributed by atoms with Gasteiger partial charge in [0.25, 0.3) is 0 Å². The lowest BCUT2D eigenvalue weighted by molar-refractivity contribution is 0.117. The molecule has 0 saturated heterocycles. The van der Waals surface area contributed by atoms with Crippen molar-refractivity contribution >= 4 is 17.7 Å². The van der Waals surface area contributed by atoms with E-state index in [9.17, 15) is 4.79 Å². The van der Waals surface area contributed by atoms with Crippen molar-refractivity contribution in [1.29, 1.82) is 0 Å². The minimum Gasteiger partial charge on any atom is -0.433 e. The van der Waals surface area contributed by atoms with Crippen LogP contribution in [0, 0.1) is 5.92 Å². The molecule has 0 bridgehead atoms. The first-order valence-corrected chi connectivity index (χ1v) is 5.71. The Hall–Kier alpha value is -0.440. The topological polar surface area (TPSA) is 29.5 Å². The molecule has 0 spiro atoms. The summed E-state index contributed by atoms with van der Waals surface area (Å²) in [5.41, 5.74) is 0. The van der Waals surface area contributed by atoms with E-state index in [0.29, 0.717) is 5.92 Å². The molecule has 0 radical (unpaired) electrons. The molecule has 4 heteroatoms. The van der Waals surface area contributed by atoms with Gasteiger partial charge in [-0.1, -0.05) is 30.9 Å². The molecule has 0 aromatic heterocycles. The van der Waals surface area contributed by atoms with Crippen LogP contribution in [0.25, 0.3) is 0 Å². The molecule has 1 fully saturated rings. The molecular formula is C10H18ClNO2. The average Bonchev–Trinajstić information content (AvgIpc) is 2.19. The molecule has 0 unspecified atom stereocenters. The van der Waals surface area contributed by atoms with Crippen molar-refractivity contribution < 1.29 is 9.53 Å². The Labute approximate surface area is 90.4 Å². The maximum absolute atomic E-state index is 11.2. The van der Waals surface area contributed by atoms with E-state index in [4.69, 9.17) is 16.3 Å². The summed E-state index contributed by atoms with van der Waals surface area (Å²) in [7, 11) is 1.77. The van der Waals surface area contributed by atoms with E-state index in [0.717, 1.165) is 6.54 Å². The van der Waals surface area contributed by atoms with Crippen LogP contribution in [0.15, 0.2) is 0 Å². The first-order valence-electron chi connectivity index (χ1n) is 5.18. The smallest absolute Gasteiger partial charge is 0.410 e. The van der Waals surface area contributed by atoms with Gasteiger partial charge in [0, 0.05) is 13.6 Å². The summed E-state index contributed by atoms with van der Waals surface area (Å²) < 4.78 is 4.70. The monoisotopic (exact) mass is 219 g/mol. The van der Waals surface area contributed by atoms with E-state index in [2.05, 4.69) is 0 Å². The van der Waals surface area contributed by atoms with E-state index in [1.54, 1.807) is 11.9 Å². The number of hydrogen-bond acceptors (Lipinski definition) is 2. The number of rotatable bonds is 3. The first kappa shape index (κ1) is 11.6. The summed E-state index contributed by atoms with van der Waals surface area (Å²) in [5.74, 6) is 0.650. The highest BCUT2D eigenvalue weighted by Gasteiger charge is 2.18. The lowest BCUT2D eigenvalue weighted by atomic mass is 9.89. The van der Waals surface area contributed by atoms with Gasteiger partial charge in [-0.2, -0.15) is 0 Å². The Bertz CT molecular complexity index is 181. The number of carbonyl (C=O) groups excluding carboxylic acids is 1. The Morgan fingerprint density at radius 3 is 2.64 bits per heavy atom. The second-order valence-electron chi connectivity index (χ2n) is 3.90. The van der Waals surface area contributed by atoms with E-state index in [1.807, 2.05) is 0 Å². The van der Waals surface area contributed by atoms with Crippen molar-refractivity contribution in [1.82, 2.24) is 4.90 Å². The molecule has 82 valence electrons. The maximum atomic E-state index is 11.2. The molecule has 0 aliphatic heterocycles. The van der Waals surface area contributed by atoms with Gasteiger partial charge in [-0.05, 0) is 18.8 Å². The number of halogens is 1. The van der Waals surface area contributed by atoms with Crippen LogP contribution in [0.4, 0.5) is 4.79 Å². The lowest BCUT2D eigenvalue weighted by Crippen LogP contribution is -2.32. The van der Waals surface area contributed by atoms with Crippen molar-refractivity contribution in [2.45, 2.75) is 32.1 Å². The highest BCUT2D eigenvalue weighted by molar-refractivity contribution is 6.17. The van der Waals surface area contributed by atoms with Gasteiger partial charge in [-0.3, -0.25) is 0 Å².